The molecule has 0 saturated heterocycles. The van der Waals surface area contributed by atoms with E-state index in [0.717, 1.165) is 0 Å². The van der Waals surface area contributed by atoms with Crippen LogP contribution >= 0.6 is 10.7 Å². The maximum absolute atomic E-state index is 10.7. The van der Waals surface area contributed by atoms with Crippen molar-refractivity contribution in [3.05, 3.63) is 0 Å². The first-order valence-electron chi connectivity index (χ1n) is 6.03. The summed E-state index contributed by atoms with van der Waals surface area (Å²) in [7, 11) is 1.76. The Balaban J connectivity index is 2.12. The molecular weight excluding hydrogens is 248 g/mol. The maximum Gasteiger partial charge on any atom is 0.232 e. The topological polar surface area (TPSA) is 43.4 Å². The fourth-order valence-electron chi connectivity index (χ4n) is 2.24. The van der Waals surface area contributed by atoms with Gasteiger partial charge in [-0.2, -0.15) is 0 Å². The third-order valence-corrected chi connectivity index (χ3v) is 4.47. The van der Waals surface area contributed by atoms with Crippen LogP contribution in [0, 0.1) is 5.92 Å². The summed E-state index contributed by atoms with van der Waals surface area (Å²) in [6, 6.07) is 0. The molecule has 0 N–H and O–H groups in total. The second-order valence-electron chi connectivity index (χ2n) is 4.57. The molecule has 0 heterocycles. The minimum absolute atomic E-state index is 0.00590. The molecule has 1 aliphatic rings. The van der Waals surface area contributed by atoms with Crippen LogP contribution < -0.4 is 0 Å². The first-order chi connectivity index (χ1) is 7.49. The van der Waals surface area contributed by atoms with Crippen LogP contribution in [0.25, 0.3) is 0 Å². The fourth-order valence-corrected chi connectivity index (χ4v) is 3.03. The Morgan fingerprint density at radius 1 is 1.31 bits per heavy atom. The highest BCUT2D eigenvalue weighted by Gasteiger charge is 2.20. The van der Waals surface area contributed by atoms with Gasteiger partial charge in [0.05, 0.1) is 11.9 Å². The molecule has 1 unspecified atom stereocenters. The molecule has 16 heavy (non-hydrogen) atoms. The summed E-state index contributed by atoms with van der Waals surface area (Å²) in [5.41, 5.74) is 0. The molecule has 1 atom stereocenters. The number of hydrogen-bond donors (Lipinski definition) is 0. The van der Waals surface area contributed by atoms with Gasteiger partial charge in [0.15, 0.2) is 0 Å². The Morgan fingerprint density at radius 3 is 2.50 bits per heavy atom. The van der Waals surface area contributed by atoms with Gasteiger partial charge in [-0.3, -0.25) is 0 Å². The quantitative estimate of drug-likeness (QED) is 0.550. The molecule has 5 heteroatoms. The molecule has 0 aromatic rings. The second-order valence-corrected chi connectivity index (χ2v) is 7.47. The molecule has 0 bridgehead atoms. The Hall–Kier alpha value is 0.200. The van der Waals surface area contributed by atoms with Gasteiger partial charge in [0.2, 0.25) is 9.05 Å². The van der Waals surface area contributed by atoms with Crippen LogP contribution in [0.3, 0.4) is 0 Å². The van der Waals surface area contributed by atoms with Crippen molar-refractivity contribution < 1.29 is 13.2 Å². The normalized spacial score (nSPS) is 20.9. The predicted molar refractivity (Wildman–Crippen MR) is 66.2 cm³/mol. The van der Waals surface area contributed by atoms with Crippen LogP contribution in [0.15, 0.2) is 0 Å². The highest BCUT2D eigenvalue weighted by molar-refractivity contribution is 8.13. The smallest absolute Gasteiger partial charge is 0.232 e. The summed E-state index contributed by atoms with van der Waals surface area (Å²) in [5.74, 6) is 0.660. The molecule has 1 fully saturated rings. The number of halogens is 1. The third-order valence-electron chi connectivity index (χ3n) is 3.23. The van der Waals surface area contributed by atoms with E-state index in [4.69, 9.17) is 15.4 Å². The molecule has 1 rings (SSSR count). The molecule has 0 amide bonds. The van der Waals surface area contributed by atoms with E-state index < -0.39 is 9.05 Å². The zero-order chi connectivity index (χ0) is 12.0. The molecule has 1 saturated carbocycles. The van der Waals surface area contributed by atoms with E-state index in [1.807, 2.05) is 0 Å². The lowest BCUT2D eigenvalue weighted by Crippen LogP contribution is -2.23. The van der Waals surface area contributed by atoms with Crippen molar-refractivity contribution in [1.29, 1.82) is 0 Å². The largest absolute Gasteiger partial charge is 0.378 e. The van der Waals surface area contributed by atoms with Crippen LogP contribution in [0.5, 0.6) is 0 Å². The first-order valence-corrected chi connectivity index (χ1v) is 8.51. The van der Waals surface area contributed by atoms with Gasteiger partial charge in [0.25, 0.3) is 0 Å². The Labute approximate surface area is 103 Å². The Bertz CT molecular complexity index is 284. The van der Waals surface area contributed by atoms with Crippen molar-refractivity contribution in [3.8, 4) is 0 Å². The second kappa shape index (κ2) is 6.82. The summed E-state index contributed by atoms with van der Waals surface area (Å²) >= 11 is 0. The number of ether oxygens (including phenoxy) is 1. The van der Waals surface area contributed by atoms with Gasteiger partial charge in [-0.15, -0.1) is 0 Å². The van der Waals surface area contributed by atoms with Gasteiger partial charge in [0, 0.05) is 17.3 Å². The van der Waals surface area contributed by atoms with Crippen molar-refractivity contribution in [1.82, 2.24) is 0 Å². The third kappa shape index (κ3) is 6.06. The fraction of sp³-hybridized carbons (Fsp3) is 1.00. The summed E-state index contributed by atoms with van der Waals surface area (Å²) in [4.78, 5) is 0. The van der Waals surface area contributed by atoms with Gasteiger partial charge in [0.1, 0.15) is 0 Å². The zero-order valence-electron chi connectivity index (χ0n) is 9.82. The van der Waals surface area contributed by atoms with Gasteiger partial charge in [-0.05, 0) is 32.1 Å². The van der Waals surface area contributed by atoms with E-state index in [9.17, 15) is 8.42 Å². The van der Waals surface area contributed by atoms with Crippen LogP contribution in [0.1, 0.15) is 45.4 Å². The highest BCUT2D eigenvalue weighted by atomic mass is 35.7. The monoisotopic (exact) mass is 268 g/mol. The van der Waals surface area contributed by atoms with Crippen molar-refractivity contribution in [2.75, 3.05) is 12.4 Å². The SMILES string of the molecule is CC(OCCCS(=O)(=O)Cl)C1CCCCC1. The minimum atomic E-state index is -3.35. The standard InChI is InChI=1S/C11H21ClO3S/c1-10(11-6-3-2-4-7-11)15-8-5-9-16(12,13)14/h10-11H,2-9H2,1H3. The van der Waals surface area contributed by atoms with E-state index in [1.54, 1.807) is 0 Å². The van der Waals surface area contributed by atoms with Crippen LogP contribution in [0.2, 0.25) is 0 Å². The van der Waals surface area contributed by atoms with Crippen LogP contribution in [-0.2, 0) is 13.8 Å². The molecule has 0 aromatic heterocycles. The molecule has 0 spiro atoms. The van der Waals surface area contributed by atoms with Gasteiger partial charge in [-0.1, -0.05) is 19.3 Å². The first kappa shape index (κ1) is 14.3. The van der Waals surface area contributed by atoms with Crippen molar-refractivity contribution in [2.45, 2.75) is 51.6 Å². The van der Waals surface area contributed by atoms with E-state index in [0.29, 0.717) is 18.9 Å². The Morgan fingerprint density at radius 2 is 1.94 bits per heavy atom. The molecule has 3 nitrogen and oxygen atoms in total. The molecule has 96 valence electrons. The zero-order valence-corrected chi connectivity index (χ0v) is 11.4. The molecule has 0 aromatic carbocycles. The number of hydrogen-bond acceptors (Lipinski definition) is 3. The Kier molecular flexibility index (Phi) is 6.08. The van der Waals surface area contributed by atoms with E-state index >= 15 is 0 Å². The molecular formula is C11H21ClO3S. The lowest BCUT2D eigenvalue weighted by molar-refractivity contribution is 0.0135. The van der Waals surface area contributed by atoms with Gasteiger partial charge < -0.3 is 4.74 Å². The van der Waals surface area contributed by atoms with E-state index in [-0.39, 0.29) is 11.9 Å². The lowest BCUT2D eigenvalue weighted by Gasteiger charge is -2.27. The van der Waals surface area contributed by atoms with Gasteiger partial charge >= 0.3 is 0 Å². The average molecular weight is 269 g/mol. The van der Waals surface area contributed by atoms with Crippen molar-refractivity contribution in [2.24, 2.45) is 5.92 Å². The minimum Gasteiger partial charge on any atom is -0.378 e. The van der Waals surface area contributed by atoms with E-state index in [1.165, 1.54) is 32.1 Å². The van der Waals surface area contributed by atoms with Gasteiger partial charge in [-0.25, -0.2) is 8.42 Å². The lowest BCUT2D eigenvalue weighted by atomic mass is 9.86. The average Bonchev–Trinajstić information content (AvgIpc) is 2.24. The summed E-state index contributed by atoms with van der Waals surface area (Å²) in [6.07, 6.45) is 7.17. The van der Waals surface area contributed by atoms with Crippen molar-refractivity contribution in [3.63, 3.8) is 0 Å². The van der Waals surface area contributed by atoms with E-state index in [2.05, 4.69) is 6.92 Å². The number of rotatable bonds is 6. The summed E-state index contributed by atoms with van der Waals surface area (Å²) in [5, 5.41) is 0. The predicted octanol–water partition coefficient (Wildman–Crippen LogP) is 2.93. The summed E-state index contributed by atoms with van der Waals surface area (Å²) in [6.45, 7) is 2.58. The summed E-state index contributed by atoms with van der Waals surface area (Å²) < 4.78 is 27.0. The van der Waals surface area contributed by atoms with Crippen LogP contribution in [-0.4, -0.2) is 26.9 Å². The van der Waals surface area contributed by atoms with Crippen LogP contribution in [0.4, 0.5) is 0 Å². The molecule has 0 aliphatic heterocycles. The van der Waals surface area contributed by atoms with Crippen molar-refractivity contribution >= 4 is 19.7 Å². The maximum atomic E-state index is 10.7. The highest BCUT2D eigenvalue weighted by Crippen LogP contribution is 2.27. The molecule has 0 radical (unpaired) electrons. The molecule has 1 aliphatic carbocycles.